The van der Waals surface area contributed by atoms with Crippen LogP contribution < -0.4 is 0 Å². The van der Waals surface area contributed by atoms with Crippen LogP contribution in [-0.4, -0.2) is 50.3 Å². The Morgan fingerprint density at radius 3 is 1.34 bits per heavy atom. The molecule has 0 saturated heterocycles. The number of imidazole rings is 2. The number of nitroso groups, excluding NO2 is 2. The molecule has 0 spiro atoms. The van der Waals surface area contributed by atoms with E-state index in [1.165, 1.54) is 0 Å². The molecule has 0 amide bonds. The average Bonchev–Trinajstić information content (AvgIpc) is 3.79. The predicted octanol–water partition coefficient (Wildman–Crippen LogP) is 4.90. The normalized spacial score (nSPS) is 23.3. The van der Waals surface area contributed by atoms with Crippen LogP contribution in [0.4, 0.5) is 11.9 Å². The average molecular weight is 579 g/mol. The zero-order valence-electron chi connectivity index (χ0n) is 23.1. The number of benzene rings is 4. The number of aliphatic imine (C=N–C) groups is 2. The Kier molecular flexibility index (Phi) is 4.20. The van der Waals surface area contributed by atoms with Gasteiger partial charge in [0, 0.05) is 20.6 Å². The summed E-state index contributed by atoms with van der Waals surface area (Å²) in [5.41, 5.74) is 2.01. The monoisotopic (exact) mass is 578 g/mol. The lowest BCUT2D eigenvalue weighted by atomic mass is 9.81. The maximum Gasteiger partial charge on any atom is 0.372 e. The van der Waals surface area contributed by atoms with Crippen molar-refractivity contribution in [1.82, 2.24) is 28.9 Å². The smallest absolute Gasteiger partial charge is 0.229 e. The van der Waals surface area contributed by atoms with E-state index in [4.69, 9.17) is 9.98 Å². The Morgan fingerprint density at radius 1 is 0.523 bits per heavy atom. The second-order valence-corrected chi connectivity index (χ2v) is 11.3. The first kappa shape index (κ1) is 23.5. The van der Waals surface area contributed by atoms with Crippen LogP contribution in [0, 0.1) is 9.81 Å². The highest BCUT2D eigenvalue weighted by atomic mass is 16.3. The van der Waals surface area contributed by atoms with E-state index in [9.17, 15) is 9.81 Å². The molecule has 2 atom stereocenters. The Bertz CT molecular complexity index is 2140. The molecule has 0 N–H and O–H groups in total. The van der Waals surface area contributed by atoms with Crippen molar-refractivity contribution < 1.29 is 9.52 Å². The molecule has 0 fully saturated rings. The highest BCUT2D eigenvalue weighted by Gasteiger charge is 2.80. The van der Waals surface area contributed by atoms with Crippen molar-refractivity contribution >= 4 is 45.9 Å². The lowest BCUT2D eigenvalue weighted by Crippen LogP contribution is -2.60. The number of hydrogen-bond acceptors (Lipinski definition) is 8. The summed E-state index contributed by atoms with van der Waals surface area (Å²) in [4.78, 5) is 52.5. The summed E-state index contributed by atoms with van der Waals surface area (Å²) in [5, 5.41) is 0. The van der Waals surface area contributed by atoms with Crippen LogP contribution in [0.1, 0.15) is 11.1 Å². The van der Waals surface area contributed by atoms with Gasteiger partial charge in [0.15, 0.2) is 13.3 Å². The van der Waals surface area contributed by atoms with Gasteiger partial charge >= 0.3 is 23.8 Å². The van der Waals surface area contributed by atoms with Gasteiger partial charge in [0.1, 0.15) is 22.1 Å². The van der Waals surface area contributed by atoms with Crippen molar-refractivity contribution in [3.8, 4) is 0 Å². The maximum absolute atomic E-state index is 14.3. The molecule has 4 aromatic carbocycles. The third-order valence-corrected chi connectivity index (χ3v) is 9.19. The summed E-state index contributed by atoms with van der Waals surface area (Å²) in [5.74, 6) is 0.872. The minimum atomic E-state index is -1.32. The number of nitrogens with zero attached hydrogens (tertiary/aromatic N) is 10. The molecule has 4 aliphatic rings. The van der Waals surface area contributed by atoms with Gasteiger partial charge in [-0.2, -0.15) is 0 Å². The van der Waals surface area contributed by atoms with E-state index in [1.807, 2.05) is 128 Å². The van der Waals surface area contributed by atoms with Gasteiger partial charge in [-0.1, -0.05) is 84.9 Å². The van der Waals surface area contributed by atoms with Crippen molar-refractivity contribution in [1.29, 1.82) is 0 Å². The molecule has 12 nitrogen and oxygen atoms in total. The van der Waals surface area contributed by atoms with Gasteiger partial charge in [-0.25, -0.2) is 18.9 Å². The number of para-hydroxylation sites is 4. The molecule has 6 aromatic rings. The van der Waals surface area contributed by atoms with Gasteiger partial charge in [-0.3, -0.25) is 0 Å². The fraction of sp³-hybridized carbons (Fsp3) is 0.125. The zero-order valence-corrected chi connectivity index (χ0v) is 23.1. The molecule has 210 valence electrons. The van der Waals surface area contributed by atoms with Crippen LogP contribution in [0.5, 0.6) is 0 Å². The molecule has 0 aliphatic carbocycles. The first-order valence-corrected chi connectivity index (χ1v) is 14.3. The quantitative estimate of drug-likeness (QED) is 0.271. The second-order valence-electron chi connectivity index (χ2n) is 11.3. The third kappa shape index (κ3) is 2.56. The van der Waals surface area contributed by atoms with E-state index >= 15 is 0 Å². The van der Waals surface area contributed by atoms with E-state index in [1.54, 1.807) is 0 Å². The molecule has 4 aliphatic heterocycles. The summed E-state index contributed by atoms with van der Waals surface area (Å²) in [6.07, 6.45) is 0. The standard InChI is InChI=1S/C32H22N10O2/c43-41-28-34-24-16-8-10-18-26(24)38(28)20-40-29(41)35-31(21-11-3-1-4-12-21)32(40,22-13-5-2-6-14-22)36-30-39(31)19-37-25-17-9-7-15-23(25)33-27(37)42(30)44/h1-18H,19-20H2/q+2. The lowest BCUT2D eigenvalue weighted by molar-refractivity contribution is -0.372. The summed E-state index contributed by atoms with van der Waals surface area (Å²) in [7, 11) is 0. The van der Waals surface area contributed by atoms with Gasteiger partial charge in [-0.15, -0.1) is 29.8 Å². The van der Waals surface area contributed by atoms with Gasteiger partial charge in [0.05, 0.1) is 0 Å². The molecule has 0 bridgehead atoms. The molecule has 44 heavy (non-hydrogen) atoms. The number of guanidine groups is 2. The van der Waals surface area contributed by atoms with E-state index in [-0.39, 0.29) is 37.2 Å². The Morgan fingerprint density at radius 2 is 0.909 bits per heavy atom. The largest absolute Gasteiger partial charge is 0.372 e. The van der Waals surface area contributed by atoms with Crippen LogP contribution in [0.3, 0.4) is 0 Å². The minimum absolute atomic E-state index is 0.182. The minimum Gasteiger partial charge on any atom is -0.229 e. The lowest BCUT2D eigenvalue weighted by Gasteiger charge is -2.40. The van der Waals surface area contributed by atoms with Crippen molar-refractivity contribution in [3.63, 3.8) is 0 Å². The summed E-state index contributed by atoms with van der Waals surface area (Å²) < 4.78 is 5.36. The van der Waals surface area contributed by atoms with Crippen molar-refractivity contribution in [2.75, 3.05) is 0 Å². The van der Waals surface area contributed by atoms with Crippen LogP contribution in [-0.2, 0) is 24.7 Å². The maximum atomic E-state index is 14.3. The Hall–Kier alpha value is -6.04. The van der Waals surface area contributed by atoms with E-state index in [0.29, 0.717) is 11.0 Å². The number of aromatic nitrogens is 4. The van der Waals surface area contributed by atoms with Crippen LogP contribution >= 0.6 is 0 Å². The molecule has 0 radical (unpaired) electrons. The Labute approximate surface area is 249 Å². The van der Waals surface area contributed by atoms with Gasteiger partial charge in [0.25, 0.3) is 11.3 Å². The predicted molar refractivity (Wildman–Crippen MR) is 161 cm³/mol. The number of rotatable bonds is 2. The number of hydrogen-bond donors (Lipinski definition) is 0. The molecule has 0 saturated carbocycles. The van der Waals surface area contributed by atoms with E-state index in [0.717, 1.165) is 31.7 Å². The topological polar surface area (TPSA) is 107 Å². The van der Waals surface area contributed by atoms with Crippen LogP contribution in [0.2, 0.25) is 0 Å². The third-order valence-electron chi connectivity index (χ3n) is 9.19. The molecule has 2 aromatic heterocycles. The Balaban J connectivity index is 1.30. The van der Waals surface area contributed by atoms with Crippen molar-refractivity contribution in [2.45, 2.75) is 24.7 Å². The highest BCUT2D eigenvalue weighted by molar-refractivity contribution is 5.89. The fourth-order valence-corrected chi connectivity index (χ4v) is 7.35. The molecule has 6 heterocycles. The van der Waals surface area contributed by atoms with Crippen molar-refractivity contribution in [2.24, 2.45) is 9.98 Å². The molecular weight excluding hydrogens is 556 g/mol. The summed E-state index contributed by atoms with van der Waals surface area (Å²) in [6, 6.07) is 34.9. The molecule has 10 rings (SSSR count). The molecule has 2 unspecified atom stereocenters. The van der Waals surface area contributed by atoms with Crippen LogP contribution in [0.15, 0.2) is 119 Å². The fourth-order valence-electron chi connectivity index (χ4n) is 7.35. The zero-order chi connectivity index (χ0) is 29.2. The van der Waals surface area contributed by atoms with E-state index in [2.05, 4.69) is 9.97 Å². The number of fused-ring (bicyclic) bond motifs is 11. The second kappa shape index (κ2) is 7.86. The van der Waals surface area contributed by atoms with E-state index < -0.39 is 11.3 Å². The van der Waals surface area contributed by atoms with Gasteiger partial charge < -0.3 is 0 Å². The van der Waals surface area contributed by atoms with Gasteiger partial charge in [0.2, 0.25) is 0 Å². The first-order chi connectivity index (χ1) is 21.6. The highest BCUT2D eigenvalue weighted by Crippen LogP contribution is 2.61. The van der Waals surface area contributed by atoms with Crippen LogP contribution in [0.25, 0.3) is 22.1 Å². The first-order valence-electron chi connectivity index (χ1n) is 14.3. The molecular formula is C32H22N10O2+2. The SMILES string of the molecule is O=[N+]1C2=NC3(c4ccccc4)N4Cn5c(nc6ccccc65)[N+](=O)C4=NC3(c3ccccc3)N2Cn2c1nc1ccccc12. The van der Waals surface area contributed by atoms with Crippen molar-refractivity contribution in [3.05, 3.63) is 130 Å². The summed E-state index contributed by atoms with van der Waals surface area (Å²) >= 11 is 0. The summed E-state index contributed by atoms with van der Waals surface area (Å²) in [6.45, 7) is 0.488. The molecule has 12 heteroatoms. The van der Waals surface area contributed by atoms with Gasteiger partial charge in [-0.05, 0) is 24.3 Å².